The Balaban J connectivity index is 1.99. The summed E-state index contributed by atoms with van der Waals surface area (Å²) in [6, 6.07) is 1.53. The number of carbonyl (C=O) groups is 1. The smallest absolute Gasteiger partial charge is 0.239 e. The molecule has 2 aliphatic heterocycles. The van der Waals surface area contributed by atoms with Gasteiger partial charge in [0.05, 0.1) is 6.04 Å². The summed E-state index contributed by atoms with van der Waals surface area (Å²) >= 11 is 0. The molecule has 2 saturated heterocycles. The van der Waals surface area contributed by atoms with Crippen LogP contribution in [0.4, 0.5) is 0 Å². The van der Waals surface area contributed by atoms with Gasteiger partial charge in [-0.15, -0.1) is 0 Å². The van der Waals surface area contributed by atoms with E-state index in [1.54, 1.807) is 0 Å². The molecule has 1 amide bonds. The van der Waals surface area contributed by atoms with E-state index in [1.807, 2.05) is 4.90 Å². The van der Waals surface area contributed by atoms with Crippen LogP contribution < -0.4 is 5.32 Å². The average Bonchev–Trinajstić information content (AvgIpc) is 2.67. The first-order valence-corrected chi connectivity index (χ1v) is 7.30. The number of nitrogens with zero attached hydrogens (tertiary/aromatic N) is 2. The molecule has 4 heteroatoms. The Labute approximate surface area is 111 Å². The second-order valence-corrected chi connectivity index (χ2v) is 6.04. The van der Waals surface area contributed by atoms with Gasteiger partial charge < -0.3 is 10.2 Å². The van der Waals surface area contributed by atoms with Crippen LogP contribution in [0.3, 0.4) is 0 Å². The van der Waals surface area contributed by atoms with E-state index in [0.717, 1.165) is 19.6 Å². The number of carbonyl (C=O) groups excluding carboxylic acids is 1. The molecule has 0 spiro atoms. The van der Waals surface area contributed by atoms with Crippen molar-refractivity contribution in [3.63, 3.8) is 0 Å². The zero-order chi connectivity index (χ0) is 13.3. The van der Waals surface area contributed by atoms with Gasteiger partial charge in [-0.25, -0.2) is 0 Å². The van der Waals surface area contributed by atoms with E-state index >= 15 is 0 Å². The predicted octanol–water partition coefficient (Wildman–Crippen LogP) is 1.07. The number of likely N-dealkylation sites (tertiary alicyclic amines) is 1. The van der Waals surface area contributed by atoms with Crippen LogP contribution in [0, 0.1) is 0 Å². The van der Waals surface area contributed by atoms with Gasteiger partial charge >= 0.3 is 0 Å². The van der Waals surface area contributed by atoms with Gasteiger partial charge in [0.25, 0.3) is 0 Å². The van der Waals surface area contributed by atoms with Crippen LogP contribution in [-0.4, -0.2) is 59.5 Å². The third-order valence-electron chi connectivity index (χ3n) is 4.51. The number of piperazine rings is 1. The summed E-state index contributed by atoms with van der Waals surface area (Å²) in [6.45, 7) is 11.3. The Morgan fingerprint density at radius 2 is 1.83 bits per heavy atom. The standard InChI is InChI=1S/C14H27N3O/c1-10-9-16(8-7-15-10)14(18)13(4)17-11(2)5-6-12(17)3/h10-13,15H,5-9H2,1-4H3. The summed E-state index contributed by atoms with van der Waals surface area (Å²) in [4.78, 5) is 17.0. The van der Waals surface area contributed by atoms with Gasteiger partial charge in [-0.1, -0.05) is 0 Å². The first-order chi connectivity index (χ1) is 8.50. The molecule has 2 aliphatic rings. The van der Waals surface area contributed by atoms with Crippen LogP contribution in [0.15, 0.2) is 0 Å². The fraction of sp³-hybridized carbons (Fsp3) is 0.929. The summed E-state index contributed by atoms with van der Waals surface area (Å²) in [7, 11) is 0. The molecule has 0 aromatic carbocycles. The van der Waals surface area contributed by atoms with Crippen molar-refractivity contribution in [1.29, 1.82) is 0 Å². The molecule has 4 unspecified atom stereocenters. The summed E-state index contributed by atoms with van der Waals surface area (Å²) in [6.07, 6.45) is 2.44. The highest BCUT2D eigenvalue weighted by atomic mass is 16.2. The molecular formula is C14H27N3O. The van der Waals surface area contributed by atoms with Crippen LogP contribution in [0.1, 0.15) is 40.5 Å². The lowest BCUT2D eigenvalue weighted by Gasteiger charge is -2.38. The van der Waals surface area contributed by atoms with Gasteiger partial charge in [-0.05, 0) is 40.5 Å². The Kier molecular flexibility index (Phi) is 4.28. The second-order valence-electron chi connectivity index (χ2n) is 6.04. The van der Waals surface area contributed by atoms with Gasteiger partial charge in [0.2, 0.25) is 5.91 Å². The Morgan fingerprint density at radius 3 is 2.39 bits per heavy atom. The van der Waals surface area contributed by atoms with E-state index in [9.17, 15) is 4.79 Å². The van der Waals surface area contributed by atoms with E-state index < -0.39 is 0 Å². The van der Waals surface area contributed by atoms with Crippen molar-refractivity contribution in [3.8, 4) is 0 Å². The summed E-state index contributed by atoms with van der Waals surface area (Å²) in [5.74, 6) is 0.309. The van der Waals surface area contributed by atoms with E-state index in [1.165, 1.54) is 12.8 Å². The Bertz CT molecular complexity index is 297. The SMILES string of the molecule is CC1CN(C(=O)C(C)N2C(C)CCC2C)CCN1. The topological polar surface area (TPSA) is 35.6 Å². The van der Waals surface area contributed by atoms with E-state index in [0.29, 0.717) is 24.0 Å². The fourth-order valence-electron chi connectivity index (χ4n) is 3.50. The zero-order valence-corrected chi connectivity index (χ0v) is 12.1. The number of amides is 1. The lowest BCUT2D eigenvalue weighted by Crippen LogP contribution is -2.57. The largest absolute Gasteiger partial charge is 0.339 e. The van der Waals surface area contributed by atoms with E-state index in [4.69, 9.17) is 0 Å². The fourth-order valence-corrected chi connectivity index (χ4v) is 3.50. The zero-order valence-electron chi connectivity index (χ0n) is 12.1. The normalized spacial score (nSPS) is 35.8. The lowest BCUT2D eigenvalue weighted by atomic mass is 10.1. The lowest BCUT2D eigenvalue weighted by molar-refractivity contribution is -0.138. The van der Waals surface area contributed by atoms with Crippen molar-refractivity contribution in [3.05, 3.63) is 0 Å². The molecule has 1 N–H and O–H groups in total. The highest BCUT2D eigenvalue weighted by Gasteiger charge is 2.36. The maximum absolute atomic E-state index is 12.6. The maximum atomic E-state index is 12.6. The van der Waals surface area contributed by atoms with Crippen LogP contribution in [0.5, 0.6) is 0 Å². The van der Waals surface area contributed by atoms with Gasteiger partial charge in [0.1, 0.15) is 0 Å². The van der Waals surface area contributed by atoms with Gasteiger partial charge in [-0.2, -0.15) is 0 Å². The Morgan fingerprint density at radius 1 is 1.22 bits per heavy atom. The Hall–Kier alpha value is -0.610. The molecule has 104 valence electrons. The number of hydrogen-bond donors (Lipinski definition) is 1. The van der Waals surface area contributed by atoms with Gasteiger partial charge in [0.15, 0.2) is 0 Å². The maximum Gasteiger partial charge on any atom is 0.239 e. The predicted molar refractivity (Wildman–Crippen MR) is 73.5 cm³/mol. The minimum atomic E-state index is 0.0304. The molecule has 0 aromatic heterocycles. The van der Waals surface area contributed by atoms with Crippen LogP contribution in [0.25, 0.3) is 0 Å². The number of nitrogens with one attached hydrogen (secondary N) is 1. The summed E-state index contributed by atoms with van der Waals surface area (Å²) < 4.78 is 0. The minimum Gasteiger partial charge on any atom is -0.339 e. The molecule has 4 atom stereocenters. The van der Waals surface area contributed by atoms with Gasteiger partial charge in [-0.3, -0.25) is 9.69 Å². The van der Waals surface area contributed by atoms with E-state index in [-0.39, 0.29) is 6.04 Å². The monoisotopic (exact) mass is 253 g/mol. The molecule has 2 rings (SSSR count). The molecule has 0 radical (unpaired) electrons. The van der Waals surface area contributed by atoms with Crippen LogP contribution >= 0.6 is 0 Å². The van der Waals surface area contributed by atoms with Crippen molar-refractivity contribution < 1.29 is 4.79 Å². The molecular weight excluding hydrogens is 226 g/mol. The van der Waals surface area contributed by atoms with Crippen molar-refractivity contribution in [1.82, 2.24) is 15.1 Å². The third-order valence-corrected chi connectivity index (χ3v) is 4.51. The first-order valence-electron chi connectivity index (χ1n) is 7.30. The first kappa shape index (κ1) is 13.8. The molecule has 18 heavy (non-hydrogen) atoms. The molecule has 2 fully saturated rings. The van der Waals surface area contributed by atoms with Crippen LogP contribution in [0.2, 0.25) is 0 Å². The number of rotatable bonds is 2. The second kappa shape index (κ2) is 5.57. The summed E-state index contributed by atoms with van der Waals surface area (Å²) in [5.41, 5.74) is 0. The quantitative estimate of drug-likeness (QED) is 0.799. The minimum absolute atomic E-state index is 0.0304. The highest BCUT2D eigenvalue weighted by molar-refractivity contribution is 5.81. The van der Waals surface area contributed by atoms with Gasteiger partial charge in [0, 0.05) is 37.8 Å². The van der Waals surface area contributed by atoms with E-state index in [2.05, 4.69) is 37.9 Å². The molecule has 0 bridgehead atoms. The van der Waals surface area contributed by atoms with Crippen molar-refractivity contribution in [2.75, 3.05) is 19.6 Å². The van der Waals surface area contributed by atoms with Crippen LogP contribution in [-0.2, 0) is 4.79 Å². The molecule has 0 aromatic rings. The molecule has 4 nitrogen and oxygen atoms in total. The number of hydrogen-bond acceptors (Lipinski definition) is 3. The van der Waals surface area contributed by atoms with Crippen molar-refractivity contribution >= 4 is 5.91 Å². The third kappa shape index (κ3) is 2.69. The molecule has 2 heterocycles. The molecule has 0 aliphatic carbocycles. The van der Waals surface area contributed by atoms with Crippen molar-refractivity contribution in [2.45, 2.75) is 64.7 Å². The summed E-state index contributed by atoms with van der Waals surface area (Å²) in [5, 5.41) is 3.39. The highest BCUT2D eigenvalue weighted by Crippen LogP contribution is 2.26. The van der Waals surface area contributed by atoms with Crippen molar-refractivity contribution in [2.24, 2.45) is 0 Å². The molecule has 0 saturated carbocycles. The average molecular weight is 253 g/mol.